The zero-order valence-electron chi connectivity index (χ0n) is 23.8. The Morgan fingerprint density at radius 2 is 1.57 bits per heavy atom. The highest BCUT2D eigenvalue weighted by Crippen LogP contribution is 2.23. The van der Waals surface area contributed by atoms with Crippen LogP contribution in [0, 0.1) is 12.8 Å². The molecule has 3 aromatic carbocycles. The molecule has 1 atom stereocenters. The first kappa shape index (κ1) is 30.7. The normalized spacial score (nSPS) is 12.1. The summed E-state index contributed by atoms with van der Waals surface area (Å²) in [5.74, 6) is 0.0182. The fourth-order valence-corrected chi connectivity index (χ4v) is 5.20. The second-order valence-electron chi connectivity index (χ2n) is 10.3. The van der Waals surface area contributed by atoms with Gasteiger partial charge in [0.05, 0.1) is 19.1 Å². The van der Waals surface area contributed by atoms with Crippen molar-refractivity contribution in [2.75, 3.05) is 30.8 Å². The van der Waals surface area contributed by atoms with E-state index >= 15 is 0 Å². The molecule has 214 valence electrons. The third-order valence-electron chi connectivity index (χ3n) is 6.43. The quantitative estimate of drug-likeness (QED) is 0.336. The maximum absolute atomic E-state index is 14.1. The van der Waals surface area contributed by atoms with E-state index in [1.807, 2.05) is 75.4 Å². The Hall–Kier alpha value is -3.85. The van der Waals surface area contributed by atoms with E-state index in [9.17, 15) is 18.0 Å². The molecule has 0 heterocycles. The number of benzene rings is 3. The maximum atomic E-state index is 14.1. The van der Waals surface area contributed by atoms with E-state index in [0.717, 1.165) is 27.3 Å². The minimum Gasteiger partial charge on any atom is -0.497 e. The molecule has 0 saturated carbocycles. The highest BCUT2D eigenvalue weighted by atomic mass is 32.2. The van der Waals surface area contributed by atoms with Crippen molar-refractivity contribution >= 4 is 27.5 Å². The van der Waals surface area contributed by atoms with Gasteiger partial charge in [-0.05, 0) is 48.2 Å². The Labute approximate surface area is 238 Å². The van der Waals surface area contributed by atoms with E-state index in [2.05, 4.69) is 5.32 Å². The molecular formula is C31H39N3O5S. The molecule has 0 bridgehead atoms. The third-order valence-corrected chi connectivity index (χ3v) is 7.57. The number of carbonyl (C=O) groups is 2. The number of ether oxygens (including phenoxy) is 1. The van der Waals surface area contributed by atoms with Crippen molar-refractivity contribution in [3.63, 3.8) is 0 Å². The van der Waals surface area contributed by atoms with E-state index in [-0.39, 0.29) is 24.8 Å². The topological polar surface area (TPSA) is 96.0 Å². The van der Waals surface area contributed by atoms with Gasteiger partial charge in [0.1, 0.15) is 18.3 Å². The molecular weight excluding hydrogens is 526 g/mol. The van der Waals surface area contributed by atoms with Crippen LogP contribution in [0.5, 0.6) is 5.75 Å². The minimum absolute atomic E-state index is 0.146. The number of anilines is 1. The van der Waals surface area contributed by atoms with Crippen LogP contribution < -0.4 is 14.4 Å². The smallest absolute Gasteiger partial charge is 0.244 e. The molecule has 3 aromatic rings. The van der Waals surface area contributed by atoms with Crippen LogP contribution in [0.25, 0.3) is 0 Å². The summed E-state index contributed by atoms with van der Waals surface area (Å²) < 4.78 is 32.0. The van der Waals surface area contributed by atoms with Gasteiger partial charge in [-0.15, -0.1) is 0 Å². The van der Waals surface area contributed by atoms with Gasteiger partial charge >= 0.3 is 0 Å². The van der Waals surface area contributed by atoms with Crippen molar-refractivity contribution in [2.45, 2.75) is 39.8 Å². The Bertz CT molecular complexity index is 1380. The summed E-state index contributed by atoms with van der Waals surface area (Å²) >= 11 is 0. The monoisotopic (exact) mass is 565 g/mol. The molecule has 0 aliphatic carbocycles. The lowest BCUT2D eigenvalue weighted by Gasteiger charge is -2.33. The van der Waals surface area contributed by atoms with Crippen molar-refractivity contribution in [1.29, 1.82) is 0 Å². The van der Waals surface area contributed by atoms with Gasteiger partial charge in [-0.25, -0.2) is 8.42 Å². The van der Waals surface area contributed by atoms with E-state index < -0.39 is 28.5 Å². The standard InChI is InChI=1S/C31H39N3O5S/c1-23(2)20-32-31(36)29(19-25-11-7-6-8-12-25)33(21-26-13-9-10-24(3)18-26)30(35)22-34(40(5,37)38)27-14-16-28(39-4)17-15-27/h6-18,23,29H,19-22H2,1-5H3,(H,32,36)/t29-/m1/s1. The average molecular weight is 566 g/mol. The molecule has 0 radical (unpaired) electrons. The lowest BCUT2D eigenvalue weighted by molar-refractivity contribution is -0.140. The van der Waals surface area contributed by atoms with Crippen LogP contribution in [0.4, 0.5) is 5.69 Å². The van der Waals surface area contributed by atoms with Crippen molar-refractivity contribution in [3.8, 4) is 5.75 Å². The predicted octanol–water partition coefficient (Wildman–Crippen LogP) is 4.18. The Balaban J connectivity index is 2.03. The van der Waals surface area contributed by atoms with Gasteiger partial charge in [0.2, 0.25) is 21.8 Å². The molecule has 40 heavy (non-hydrogen) atoms. The number of rotatable bonds is 13. The molecule has 8 nitrogen and oxygen atoms in total. The molecule has 3 rings (SSSR count). The van der Waals surface area contributed by atoms with Gasteiger partial charge in [0, 0.05) is 19.5 Å². The number of hydrogen-bond acceptors (Lipinski definition) is 5. The number of methoxy groups -OCH3 is 1. The van der Waals surface area contributed by atoms with E-state index in [1.54, 1.807) is 24.3 Å². The fourth-order valence-electron chi connectivity index (χ4n) is 4.35. The number of amides is 2. The molecule has 0 unspecified atom stereocenters. The molecule has 2 amide bonds. The van der Waals surface area contributed by atoms with Gasteiger partial charge in [-0.3, -0.25) is 13.9 Å². The summed E-state index contributed by atoms with van der Waals surface area (Å²) in [7, 11) is -2.31. The lowest BCUT2D eigenvalue weighted by atomic mass is 10.0. The van der Waals surface area contributed by atoms with Crippen molar-refractivity contribution in [1.82, 2.24) is 10.2 Å². The summed E-state index contributed by atoms with van der Waals surface area (Å²) in [4.78, 5) is 29.2. The summed E-state index contributed by atoms with van der Waals surface area (Å²) in [6.07, 6.45) is 1.34. The second-order valence-corrected chi connectivity index (χ2v) is 12.2. The molecule has 9 heteroatoms. The number of aryl methyl sites for hydroxylation is 1. The number of nitrogens with zero attached hydrogens (tertiary/aromatic N) is 2. The van der Waals surface area contributed by atoms with Gasteiger partial charge < -0.3 is 15.0 Å². The van der Waals surface area contributed by atoms with Crippen LogP contribution in [0.1, 0.15) is 30.5 Å². The van der Waals surface area contributed by atoms with Gasteiger partial charge in [0.25, 0.3) is 0 Å². The zero-order chi connectivity index (χ0) is 29.3. The summed E-state index contributed by atoms with van der Waals surface area (Å²) in [6, 6.07) is 22.8. The number of carbonyl (C=O) groups excluding carboxylic acids is 2. The first-order valence-electron chi connectivity index (χ1n) is 13.3. The molecule has 0 fully saturated rings. The maximum Gasteiger partial charge on any atom is 0.244 e. The van der Waals surface area contributed by atoms with Gasteiger partial charge in [-0.1, -0.05) is 74.0 Å². The van der Waals surface area contributed by atoms with Gasteiger partial charge in [-0.2, -0.15) is 0 Å². The first-order valence-corrected chi connectivity index (χ1v) is 15.1. The average Bonchev–Trinajstić information content (AvgIpc) is 2.92. The molecule has 0 saturated heterocycles. The number of nitrogens with one attached hydrogen (secondary N) is 1. The number of sulfonamides is 1. The van der Waals surface area contributed by atoms with Gasteiger partial charge in [0.15, 0.2) is 0 Å². The first-order chi connectivity index (χ1) is 19.0. The van der Waals surface area contributed by atoms with Crippen molar-refractivity contribution in [3.05, 3.63) is 95.6 Å². The highest BCUT2D eigenvalue weighted by molar-refractivity contribution is 7.92. The van der Waals surface area contributed by atoms with Crippen LogP contribution in [0.15, 0.2) is 78.9 Å². The molecule has 0 aliphatic heterocycles. The second kappa shape index (κ2) is 14.0. The lowest BCUT2D eigenvalue weighted by Crippen LogP contribution is -2.53. The molecule has 0 aromatic heterocycles. The van der Waals surface area contributed by atoms with Crippen molar-refractivity contribution < 1.29 is 22.7 Å². The van der Waals surface area contributed by atoms with Crippen LogP contribution in [0.3, 0.4) is 0 Å². The van der Waals surface area contributed by atoms with Crippen molar-refractivity contribution in [2.24, 2.45) is 5.92 Å². The highest BCUT2D eigenvalue weighted by Gasteiger charge is 2.33. The van der Waals surface area contributed by atoms with Crippen LogP contribution in [-0.4, -0.2) is 57.6 Å². The predicted molar refractivity (Wildman–Crippen MR) is 159 cm³/mol. The Morgan fingerprint density at radius 1 is 0.925 bits per heavy atom. The SMILES string of the molecule is COc1ccc(N(CC(=O)N(Cc2cccc(C)c2)[C@H](Cc2ccccc2)C(=O)NCC(C)C)S(C)(=O)=O)cc1. The van der Waals surface area contributed by atoms with E-state index in [1.165, 1.54) is 12.0 Å². The summed E-state index contributed by atoms with van der Waals surface area (Å²) in [5, 5.41) is 2.98. The fraction of sp³-hybridized carbons (Fsp3) is 0.355. The zero-order valence-corrected chi connectivity index (χ0v) is 24.6. The van der Waals surface area contributed by atoms with Crippen LogP contribution in [-0.2, 0) is 32.6 Å². The van der Waals surface area contributed by atoms with E-state index in [0.29, 0.717) is 18.0 Å². The van der Waals surface area contributed by atoms with E-state index in [4.69, 9.17) is 4.74 Å². The Morgan fingerprint density at radius 3 is 2.15 bits per heavy atom. The molecule has 1 N–H and O–H groups in total. The Kier molecular flexibility index (Phi) is 10.7. The molecule has 0 aliphatic rings. The molecule has 0 spiro atoms. The minimum atomic E-state index is -3.83. The summed E-state index contributed by atoms with van der Waals surface area (Å²) in [6.45, 7) is 6.11. The van der Waals surface area contributed by atoms with Crippen LogP contribution >= 0.6 is 0 Å². The largest absolute Gasteiger partial charge is 0.497 e. The van der Waals surface area contributed by atoms with Crippen LogP contribution in [0.2, 0.25) is 0 Å². The third kappa shape index (κ3) is 8.84. The number of hydrogen-bond donors (Lipinski definition) is 1. The summed E-state index contributed by atoms with van der Waals surface area (Å²) in [5.41, 5.74) is 3.09.